The maximum Gasteiger partial charge on any atom is 0.258 e. The van der Waals surface area contributed by atoms with E-state index in [9.17, 15) is 4.79 Å². The quantitative estimate of drug-likeness (QED) is 0.676. The van der Waals surface area contributed by atoms with E-state index >= 15 is 0 Å². The van der Waals surface area contributed by atoms with Crippen LogP contribution in [0.2, 0.25) is 0 Å². The third-order valence-corrected chi connectivity index (χ3v) is 6.30. The van der Waals surface area contributed by atoms with Gasteiger partial charge in [-0.2, -0.15) is 0 Å². The largest absolute Gasteiger partial charge is 0.376 e. The number of benzene rings is 1. The van der Waals surface area contributed by atoms with Crippen molar-refractivity contribution in [2.75, 3.05) is 31.2 Å². The van der Waals surface area contributed by atoms with Crippen LogP contribution in [0.25, 0.3) is 10.9 Å². The predicted octanol–water partition coefficient (Wildman–Crippen LogP) is 3.18. The summed E-state index contributed by atoms with van der Waals surface area (Å²) in [6.45, 7) is 3.55. The fourth-order valence-electron chi connectivity index (χ4n) is 4.69. The number of fused-ring (bicyclic) bond motifs is 3. The van der Waals surface area contributed by atoms with Gasteiger partial charge in [-0.05, 0) is 23.8 Å². The van der Waals surface area contributed by atoms with Gasteiger partial charge in [0.25, 0.3) is 5.91 Å². The van der Waals surface area contributed by atoms with Crippen LogP contribution in [0.3, 0.4) is 0 Å². The number of carbonyl (C=O) groups is 1. The van der Waals surface area contributed by atoms with Crippen LogP contribution in [0.1, 0.15) is 21.7 Å². The van der Waals surface area contributed by atoms with Crippen LogP contribution in [-0.4, -0.2) is 47.1 Å². The lowest BCUT2D eigenvalue weighted by Gasteiger charge is -2.20. The number of hydrogen-bond acceptors (Lipinski definition) is 5. The van der Waals surface area contributed by atoms with Crippen molar-refractivity contribution < 1.29 is 9.53 Å². The van der Waals surface area contributed by atoms with Gasteiger partial charge in [-0.15, -0.1) is 0 Å². The van der Waals surface area contributed by atoms with Crippen LogP contribution in [0, 0.1) is 5.92 Å². The normalized spacial score (nSPS) is 20.1. The molecule has 3 aromatic rings. The van der Waals surface area contributed by atoms with Crippen molar-refractivity contribution in [3.05, 3.63) is 77.4 Å². The van der Waals surface area contributed by atoms with Crippen LogP contribution in [-0.2, 0) is 17.7 Å². The molecule has 1 fully saturated rings. The zero-order valence-corrected chi connectivity index (χ0v) is 16.6. The minimum Gasteiger partial charge on any atom is -0.376 e. The maximum atomic E-state index is 13.2. The molecule has 150 valence electrons. The molecule has 1 unspecified atom stereocenters. The summed E-state index contributed by atoms with van der Waals surface area (Å²) in [5, 5.41) is 1.13. The Bertz CT molecular complexity index is 1190. The van der Waals surface area contributed by atoms with Gasteiger partial charge >= 0.3 is 0 Å². The van der Waals surface area contributed by atoms with Crippen molar-refractivity contribution in [3.8, 4) is 0 Å². The number of ether oxygens (including phenoxy) is 1. The standard InChI is InChI=1S/C24H22N4O2/c29-24-23-21(25-9-7-22(23)28-11-17-14-30-15-18(17)12-28)13-27(24)10-8-19-6-5-16-3-1-2-4-20(16)26-19/h1-7,9,11,18H,8,10,12-15H2. The summed E-state index contributed by atoms with van der Waals surface area (Å²) in [5.41, 5.74) is 5.91. The number of amides is 1. The summed E-state index contributed by atoms with van der Waals surface area (Å²) < 4.78 is 5.54. The smallest absolute Gasteiger partial charge is 0.258 e. The Morgan fingerprint density at radius 1 is 1.13 bits per heavy atom. The Kier molecular flexibility index (Phi) is 4.06. The van der Waals surface area contributed by atoms with Crippen molar-refractivity contribution in [1.82, 2.24) is 14.9 Å². The Hall–Kier alpha value is -3.25. The SMILES string of the molecule is O=C1c2c(N3C=C4COCC4C3)ccnc2CN1CCc1ccc2ccccc2n1. The summed E-state index contributed by atoms with van der Waals surface area (Å²) in [6.07, 6.45) is 4.70. The summed E-state index contributed by atoms with van der Waals surface area (Å²) in [4.78, 5) is 26.6. The third kappa shape index (κ3) is 2.87. The van der Waals surface area contributed by atoms with Gasteiger partial charge in [-0.25, -0.2) is 0 Å². The first-order valence-corrected chi connectivity index (χ1v) is 10.4. The monoisotopic (exact) mass is 398 g/mol. The second-order valence-electron chi connectivity index (χ2n) is 8.19. The molecule has 0 N–H and O–H groups in total. The fraction of sp³-hybridized carbons (Fsp3) is 0.292. The van der Waals surface area contributed by atoms with E-state index in [-0.39, 0.29) is 5.91 Å². The van der Waals surface area contributed by atoms with Crippen molar-refractivity contribution in [2.24, 2.45) is 5.92 Å². The topological polar surface area (TPSA) is 58.6 Å². The van der Waals surface area contributed by atoms with E-state index in [2.05, 4.69) is 34.3 Å². The third-order valence-electron chi connectivity index (χ3n) is 6.30. The van der Waals surface area contributed by atoms with Gasteiger partial charge in [0.15, 0.2) is 0 Å². The molecule has 0 bridgehead atoms. The molecule has 6 nitrogen and oxygen atoms in total. The molecule has 1 aromatic carbocycles. The average molecular weight is 398 g/mol. The molecule has 0 radical (unpaired) electrons. The van der Waals surface area contributed by atoms with Crippen LogP contribution < -0.4 is 4.90 Å². The molecule has 5 heterocycles. The summed E-state index contributed by atoms with van der Waals surface area (Å²) in [5.74, 6) is 0.515. The van der Waals surface area contributed by atoms with Gasteiger partial charge in [0.2, 0.25) is 0 Å². The zero-order chi connectivity index (χ0) is 20.1. The molecule has 2 aromatic heterocycles. The number of para-hydroxylation sites is 1. The van der Waals surface area contributed by atoms with Crippen LogP contribution >= 0.6 is 0 Å². The Labute approximate surface area is 174 Å². The van der Waals surface area contributed by atoms with Crippen molar-refractivity contribution in [3.63, 3.8) is 0 Å². The minimum absolute atomic E-state index is 0.0700. The number of rotatable bonds is 4. The maximum absolute atomic E-state index is 13.2. The summed E-state index contributed by atoms with van der Waals surface area (Å²) in [6, 6.07) is 14.2. The van der Waals surface area contributed by atoms with Crippen LogP contribution in [0.15, 0.2) is 60.4 Å². The highest BCUT2D eigenvalue weighted by atomic mass is 16.5. The second kappa shape index (κ2) is 6.92. The molecule has 3 aliphatic heterocycles. The van der Waals surface area contributed by atoms with Crippen molar-refractivity contribution in [1.29, 1.82) is 0 Å². The molecule has 6 rings (SSSR count). The molecule has 0 saturated carbocycles. The van der Waals surface area contributed by atoms with Gasteiger partial charge in [0.1, 0.15) is 0 Å². The summed E-state index contributed by atoms with van der Waals surface area (Å²) >= 11 is 0. The minimum atomic E-state index is 0.0700. The van der Waals surface area contributed by atoms with E-state index < -0.39 is 0 Å². The number of aromatic nitrogens is 2. The number of hydrogen-bond donors (Lipinski definition) is 0. The zero-order valence-electron chi connectivity index (χ0n) is 16.6. The van der Waals surface area contributed by atoms with Gasteiger partial charge in [-0.3, -0.25) is 14.8 Å². The second-order valence-corrected chi connectivity index (χ2v) is 8.19. The molecule has 30 heavy (non-hydrogen) atoms. The number of carbonyl (C=O) groups excluding carboxylic acids is 1. The van der Waals surface area contributed by atoms with Gasteiger partial charge in [0, 0.05) is 48.9 Å². The van der Waals surface area contributed by atoms with Gasteiger partial charge in [-0.1, -0.05) is 24.3 Å². The van der Waals surface area contributed by atoms with Crippen molar-refractivity contribution >= 4 is 22.5 Å². The summed E-state index contributed by atoms with van der Waals surface area (Å²) in [7, 11) is 0. The van der Waals surface area contributed by atoms with E-state index in [4.69, 9.17) is 9.72 Å². The van der Waals surface area contributed by atoms with Gasteiger partial charge < -0.3 is 14.5 Å². The fourth-order valence-corrected chi connectivity index (χ4v) is 4.69. The molecule has 3 aliphatic rings. The average Bonchev–Trinajstić information content (AvgIpc) is 3.46. The van der Waals surface area contributed by atoms with E-state index in [0.29, 0.717) is 25.6 Å². The molecule has 1 saturated heterocycles. The van der Waals surface area contributed by atoms with Crippen LogP contribution in [0.5, 0.6) is 0 Å². The first-order chi connectivity index (χ1) is 14.8. The van der Waals surface area contributed by atoms with E-state index in [1.807, 2.05) is 35.4 Å². The predicted molar refractivity (Wildman–Crippen MR) is 114 cm³/mol. The molecule has 6 heteroatoms. The molecule has 1 atom stereocenters. The molecular weight excluding hydrogens is 376 g/mol. The van der Waals surface area contributed by atoms with Crippen molar-refractivity contribution in [2.45, 2.75) is 13.0 Å². The number of anilines is 1. The van der Waals surface area contributed by atoms with E-state index in [1.54, 1.807) is 0 Å². The lowest BCUT2D eigenvalue weighted by atomic mass is 10.1. The van der Waals surface area contributed by atoms with E-state index in [1.165, 1.54) is 5.57 Å². The highest BCUT2D eigenvalue weighted by Crippen LogP contribution is 2.36. The highest BCUT2D eigenvalue weighted by Gasteiger charge is 2.36. The molecular formula is C24H22N4O2. The first kappa shape index (κ1) is 17.6. The Morgan fingerprint density at radius 2 is 2.07 bits per heavy atom. The molecule has 0 spiro atoms. The Morgan fingerprint density at radius 3 is 3.00 bits per heavy atom. The van der Waals surface area contributed by atoms with Gasteiger partial charge in [0.05, 0.1) is 42.2 Å². The lowest BCUT2D eigenvalue weighted by molar-refractivity contribution is 0.0780. The highest BCUT2D eigenvalue weighted by molar-refractivity contribution is 6.03. The Balaban J connectivity index is 1.21. The van der Waals surface area contributed by atoms with Crippen LogP contribution in [0.4, 0.5) is 5.69 Å². The number of nitrogens with zero attached hydrogens (tertiary/aromatic N) is 4. The molecule has 0 aliphatic carbocycles. The first-order valence-electron chi connectivity index (χ1n) is 10.4. The lowest BCUT2D eigenvalue weighted by Crippen LogP contribution is -2.27. The van der Waals surface area contributed by atoms with E-state index in [0.717, 1.165) is 53.1 Å². The number of pyridine rings is 2. The molecule has 1 amide bonds.